The third-order valence-electron chi connectivity index (χ3n) is 23.7. The number of allylic oxidation sites excluding steroid dienone is 3. The second kappa shape index (κ2) is 33.2. The Labute approximate surface area is 630 Å². The molecule has 32 nitrogen and oxygen atoms in total. The van der Waals surface area contributed by atoms with Crippen LogP contribution in [0.15, 0.2) is 59.1 Å². The van der Waals surface area contributed by atoms with Crippen LogP contribution in [-0.4, -0.2) is 156 Å². The number of nitrogens with two attached hydrogens (primary N) is 7. The van der Waals surface area contributed by atoms with Crippen molar-refractivity contribution in [3.63, 3.8) is 0 Å². The Kier molecular flexibility index (Phi) is 26.3. The van der Waals surface area contributed by atoms with Gasteiger partial charge in [0.05, 0.1) is 19.0 Å². The first-order chi connectivity index (χ1) is 49.2. The third-order valence-corrected chi connectivity index (χ3v) is 24.8. The fourth-order valence-electron chi connectivity index (χ4n) is 17.8. The SMILES string of the molecule is C/C1=C2/[N-][C@H]([C@H](CC(N)=O)[C@@]2(C)CCC(=O)NC[C@@H](C)OP(=O)(O)O[C@H]2[C@@H](O)[C@@H](N3C[N-]c4cc(C)c(C)cc43)O[C@@H]2CO)[C@]2(C)[N-]C(/C(C)=C3\[N-]C(/C=C4\[N-]C1[C@@H](CCC(N)=O)C4(C)C)[C@@H](CCC(N)=O)[C@]3(C)CC(N)=O)[C@@H](CCC(N)=O)[C@]2(C)CC(N)=O.[CH2-]CCCCn1cnc2c(N)ncnc21.[Co]. The number of anilines is 2. The van der Waals surface area contributed by atoms with Crippen molar-refractivity contribution in [1.82, 2.24) is 24.8 Å². The summed E-state index contributed by atoms with van der Waals surface area (Å²) in [5, 5.41) is 51.5. The maximum Gasteiger partial charge on any atom is 0.472 e. The van der Waals surface area contributed by atoms with E-state index in [1.807, 2.05) is 92.0 Å². The number of ether oxygens (including phenoxy) is 1. The number of aliphatic hydroxyl groups excluding tert-OH is 2. The van der Waals surface area contributed by atoms with Crippen LogP contribution >= 0.6 is 7.82 Å². The number of primary amides is 6. The number of rotatable bonds is 30. The molecule has 0 aliphatic carbocycles. The van der Waals surface area contributed by atoms with Crippen LogP contribution in [0.5, 0.6) is 0 Å². The fraction of sp³-hybridized carbons (Fsp3) is 0.653. The van der Waals surface area contributed by atoms with Gasteiger partial charge in [-0.1, -0.05) is 72.8 Å². The molecule has 10 rings (SSSR count). The van der Waals surface area contributed by atoms with Crippen molar-refractivity contribution in [2.24, 2.45) is 79.7 Å². The number of aryl methyl sites for hydroxylation is 3. The fourth-order valence-corrected chi connectivity index (χ4v) is 18.9. The van der Waals surface area contributed by atoms with Gasteiger partial charge in [-0.15, -0.1) is 40.5 Å². The van der Waals surface area contributed by atoms with Gasteiger partial charge < -0.3 is 108 Å². The molecule has 1 radical (unpaired) electrons. The van der Waals surface area contributed by atoms with Crippen molar-refractivity contribution >= 4 is 77.5 Å². The van der Waals surface area contributed by atoms with Crippen molar-refractivity contribution < 1.29 is 83.8 Å². The van der Waals surface area contributed by atoms with Gasteiger partial charge in [0.25, 0.3) is 0 Å². The number of carbonyl (C=O) groups excluding carboxylic acids is 7. The van der Waals surface area contributed by atoms with E-state index < -0.39 is 161 Å². The van der Waals surface area contributed by atoms with E-state index in [0.29, 0.717) is 50.9 Å². The van der Waals surface area contributed by atoms with Gasteiger partial charge in [-0.05, 0) is 129 Å². The van der Waals surface area contributed by atoms with Crippen LogP contribution in [-0.2, 0) is 75.2 Å². The van der Waals surface area contributed by atoms with Crippen LogP contribution in [0.25, 0.3) is 37.7 Å². The van der Waals surface area contributed by atoms with Crippen LogP contribution in [0.4, 0.5) is 17.2 Å². The molecular formula is C72H107CoN18O14P-6. The van der Waals surface area contributed by atoms with Crippen molar-refractivity contribution in [2.75, 3.05) is 30.5 Å². The van der Waals surface area contributed by atoms with Gasteiger partial charge in [-0.3, -0.25) is 42.6 Å². The van der Waals surface area contributed by atoms with Crippen LogP contribution < -0.4 is 50.4 Å². The minimum absolute atomic E-state index is 0. The molecule has 7 amide bonds. The summed E-state index contributed by atoms with van der Waals surface area (Å²) in [6.07, 6.45) is 1.12. The Balaban J connectivity index is 0.000000783. The maximum atomic E-state index is 14.4. The number of hydrogen-bond donors (Lipinski definition) is 11. The standard InChI is InChI=1S/C62H93N13O14P.C10H14N5.Co/c1-29-20-39-40(21-30(29)2)75(28-70-39)57-52(84)53(41(27-76)87-57)89-90(85,86)88-31(3)26-69-49(83)18-19-59(8)37(22-46(66)80)56-62(11)61(10,25-48(68)82)36(14-17-45(65)79)51(74-62)33(5)55-60(9,24-47(67)81)34(12-15-43(63)77)38(71-55)23-42-58(6,7)35(13-16-44(64)78)50(72-42)32(4)54(59)73-56;1-2-3-4-5-15-7-14-8-9(11)12-6-13-10(8)15;/h20-21,23,31,34-38,41,50-53,56-57,76,84H,12-19,22,24-28H2,1-11H3,(H2,63,77)(H2,64,78)(H2,65,79)(H2,66,80)(H2,67,81)(H2,68,82)(H,69,83)(H,85,86);6-7H,1-5H2,(H2,11,12,13);/q-5;-1;/b42-23-,54-32-,55-33-;;/t31-,34-,35-,36-,37+,38?,41-,50?,51?,52-,53-,56-,57+,59-,60+,61+,62+;;/m1../s1. The topological polar surface area (TPSA) is 536 Å². The molecule has 1 aromatic carbocycles. The Morgan fingerprint density at radius 3 is 2.00 bits per heavy atom. The van der Waals surface area contributed by atoms with E-state index in [0.717, 1.165) is 42.6 Å². The number of benzene rings is 1. The van der Waals surface area contributed by atoms with E-state index in [1.165, 1.54) is 13.3 Å². The number of fused-ring (bicyclic) bond motifs is 11. The number of nitrogens with zero attached hydrogens (tertiary/aromatic N) is 10. The van der Waals surface area contributed by atoms with Gasteiger partial charge >= 0.3 is 7.82 Å². The van der Waals surface area contributed by atoms with Crippen LogP contribution in [0.1, 0.15) is 163 Å². The number of nitrogen functional groups attached to an aromatic ring is 1. The first-order valence-electron chi connectivity index (χ1n) is 36.0. The van der Waals surface area contributed by atoms with Crippen molar-refractivity contribution in [2.45, 2.75) is 233 Å². The summed E-state index contributed by atoms with van der Waals surface area (Å²) < 4.78 is 32.8. The molecule has 7 aliphatic heterocycles. The van der Waals surface area contributed by atoms with E-state index >= 15 is 0 Å². The predicted octanol–water partition coefficient (Wildman–Crippen LogP) is 6.52. The molecule has 589 valence electrons. The van der Waals surface area contributed by atoms with E-state index in [4.69, 9.17) is 75.2 Å². The molecule has 5 fully saturated rings. The number of phosphoric acid groups is 1. The number of amides is 7. The first kappa shape index (κ1) is 84.2. The number of imidazole rings is 1. The molecule has 4 unspecified atom stereocenters. The number of phosphoric ester groups is 1. The average molecular weight is 1540 g/mol. The summed E-state index contributed by atoms with van der Waals surface area (Å²) in [7, 11) is -5.05. The molecule has 18 N–H and O–H groups in total. The van der Waals surface area contributed by atoms with Gasteiger partial charge in [0, 0.05) is 80.5 Å². The Morgan fingerprint density at radius 1 is 0.774 bits per heavy atom. The first-order valence-corrected chi connectivity index (χ1v) is 37.5. The van der Waals surface area contributed by atoms with Gasteiger partial charge in [0.2, 0.25) is 41.4 Å². The minimum atomic E-state index is -5.05. The average Bonchev–Trinajstić information content (AvgIpc) is 1.53. The second-order valence-electron chi connectivity index (χ2n) is 31.1. The summed E-state index contributed by atoms with van der Waals surface area (Å²) in [4.78, 5) is 119. The largest absolute Gasteiger partial charge is 0.685 e. The summed E-state index contributed by atoms with van der Waals surface area (Å²) >= 11 is 0. The second-order valence-corrected chi connectivity index (χ2v) is 32.5. The van der Waals surface area contributed by atoms with Crippen LogP contribution in [0.3, 0.4) is 0 Å². The number of aliphatic hydroxyl groups is 2. The zero-order chi connectivity index (χ0) is 77.4. The molecule has 18 atom stereocenters. The Morgan fingerprint density at radius 2 is 1.39 bits per heavy atom. The molecule has 2 aromatic heterocycles. The summed E-state index contributed by atoms with van der Waals surface area (Å²) in [6, 6.07) is 0.485. The number of nitrogens with one attached hydrogen (secondary N) is 1. The monoisotopic (exact) mass is 1540 g/mol. The van der Waals surface area contributed by atoms with Crippen molar-refractivity contribution in [1.29, 1.82) is 0 Å². The molecule has 8 bridgehead atoms. The zero-order valence-electron chi connectivity index (χ0n) is 62.5. The van der Waals surface area contributed by atoms with E-state index in [1.54, 1.807) is 11.2 Å². The van der Waals surface area contributed by atoms with E-state index in [2.05, 4.69) is 32.5 Å². The normalized spacial score (nSPS) is 33.1. The van der Waals surface area contributed by atoms with Crippen LogP contribution in [0, 0.1) is 66.1 Å². The number of carbonyl (C=O) groups is 7. The minimum Gasteiger partial charge on any atom is -0.685 e. The summed E-state index contributed by atoms with van der Waals surface area (Å²) in [6.45, 7) is 24.3. The van der Waals surface area contributed by atoms with Gasteiger partial charge in [0.15, 0.2) is 17.7 Å². The zero-order valence-corrected chi connectivity index (χ0v) is 64.4. The number of aromatic nitrogens is 4. The van der Waals surface area contributed by atoms with Crippen LogP contribution in [0.2, 0.25) is 0 Å². The quantitative estimate of drug-likeness (QED) is 0.0192. The van der Waals surface area contributed by atoms with Crippen molar-refractivity contribution in [3.05, 3.63) is 104 Å². The Bertz CT molecular complexity index is 3970. The molecule has 0 saturated carbocycles. The number of hydrogen-bond acceptors (Lipinski definition) is 18. The van der Waals surface area contributed by atoms with Crippen molar-refractivity contribution in [3.8, 4) is 0 Å². The molecule has 3 aromatic rings. The molecule has 34 heteroatoms. The smallest absolute Gasteiger partial charge is 0.472 e. The maximum absolute atomic E-state index is 14.4. The molecule has 0 spiro atoms. The molecular weight excluding hydrogens is 1430 g/mol. The summed E-state index contributed by atoms with van der Waals surface area (Å²) in [5.74, 6) is -6.41. The van der Waals surface area contributed by atoms with E-state index in [-0.39, 0.29) is 101 Å². The number of unbranched alkanes of at least 4 members (excludes halogenated alkanes) is 2. The molecule has 7 aliphatic rings. The van der Waals surface area contributed by atoms with Gasteiger partial charge in [0.1, 0.15) is 30.2 Å². The molecule has 106 heavy (non-hydrogen) atoms. The molecule has 9 heterocycles. The third kappa shape index (κ3) is 17.0. The summed E-state index contributed by atoms with van der Waals surface area (Å²) in [5.41, 5.74) is 43.6. The van der Waals surface area contributed by atoms with E-state index in [9.17, 15) is 53.2 Å². The van der Waals surface area contributed by atoms with Gasteiger partial charge in [-0.2, -0.15) is 23.5 Å². The Hall–Kier alpha value is -7.46. The molecule has 5 saturated heterocycles. The van der Waals surface area contributed by atoms with Gasteiger partial charge in [-0.25, -0.2) is 19.5 Å². The predicted molar refractivity (Wildman–Crippen MR) is 394 cm³/mol.